The molecule has 1 atom stereocenters. The molecule has 0 fully saturated rings. The van der Waals surface area contributed by atoms with Gasteiger partial charge < -0.3 is 9.47 Å². The van der Waals surface area contributed by atoms with Crippen LogP contribution in [0, 0.1) is 5.92 Å². The Morgan fingerprint density at radius 3 is 1.72 bits per heavy atom. The van der Waals surface area contributed by atoms with Crippen LogP contribution >= 0.6 is 0 Å². The van der Waals surface area contributed by atoms with E-state index in [2.05, 4.69) is 20.8 Å². The zero-order valence-electron chi connectivity index (χ0n) is 20.8. The quantitative estimate of drug-likeness (QED) is 0.159. The van der Waals surface area contributed by atoms with Gasteiger partial charge in [-0.1, -0.05) is 110 Å². The highest BCUT2D eigenvalue weighted by molar-refractivity contribution is 6.03. The second-order valence-corrected chi connectivity index (χ2v) is 8.88. The molecule has 0 saturated carbocycles. The third-order valence-corrected chi connectivity index (χ3v) is 6.09. The second-order valence-electron chi connectivity index (χ2n) is 8.88. The lowest BCUT2D eigenvalue weighted by Crippen LogP contribution is -2.17. The Labute approximate surface area is 196 Å². The standard InChI is InChI=1S/C28H46O4/c1-4-7-9-10-11-12-13-14-15-18-22-31-27(29)25-20-16-17-21-26(25)28(30)32-23-24(6-3)19-8-5-2/h16-17,20-21,24H,4-15,18-19,22-23H2,1-3H3. The third kappa shape index (κ3) is 12.3. The van der Waals surface area contributed by atoms with Crippen molar-refractivity contribution in [2.45, 2.75) is 111 Å². The fourth-order valence-corrected chi connectivity index (χ4v) is 3.84. The van der Waals surface area contributed by atoms with Gasteiger partial charge in [-0.15, -0.1) is 0 Å². The number of ether oxygens (including phenoxy) is 2. The first kappa shape index (κ1) is 28.2. The van der Waals surface area contributed by atoms with E-state index in [1.54, 1.807) is 24.3 Å². The van der Waals surface area contributed by atoms with Crippen LogP contribution in [-0.4, -0.2) is 25.2 Å². The fourth-order valence-electron chi connectivity index (χ4n) is 3.84. The summed E-state index contributed by atoms with van der Waals surface area (Å²) in [4.78, 5) is 25.1. The van der Waals surface area contributed by atoms with Crippen molar-refractivity contribution < 1.29 is 19.1 Å². The van der Waals surface area contributed by atoms with Crippen molar-refractivity contribution in [1.29, 1.82) is 0 Å². The van der Waals surface area contributed by atoms with Gasteiger partial charge in [-0.05, 0) is 30.9 Å². The molecule has 1 unspecified atom stereocenters. The molecule has 1 rings (SSSR count). The molecule has 0 heterocycles. The largest absolute Gasteiger partial charge is 0.462 e. The van der Waals surface area contributed by atoms with Crippen LogP contribution in [0.5, 0.6) is 0 Å². The van der Waals surface area contributed by atoms with Crippen LogP contribution in [0.15, 0.2) is 24.3 Å². The molecule has 0 bridgehead atoms. The van der Waals surface area contributed by atoms with Crippen molar-refractivity contribution in [1.82, 2.24) is 0 Å². The van der Waals surface area contributed by atoms with Gasteiger partial charge in [0.1, 0.15) is 0 Å². The Balaban J connectivity index is 2.33. The maximum Gasteiger partial charge on any atom is 0.339 e. The van der Waals surface area contributed by atoms with Crippen LogP contribution in [0.2, 0.25) is 0 Å². The molecule has 4 heteroatoms. The Hall–Kier alpha value is -1.84. The van der Waals surface area contributed by atoms with E-state index in [4.69, 9.17) is 9.47 Å². The van der Waals surface area contributed by atoms with Gasteiger partial charge in [0.25, 0.3) is 0 Å². The molecule has 0 aromatic heterocycles. The van der Waals surface area contributed by atoms with E-state index in [9.17, 15) is 9.59 Å². The highest BCUT2D eigenvalue weighted by atomic mass is 16.5. The number of carbonyl (C=O) groups excluding carboxylic acids is 2. The Morgan fingerprint density at radius 1 is 0.688 bits per heavy atom. The molecule has 0 spiro atoms. The minimum absolute atomic E-state index is 0.297. The number of unbranched alkanes of at least 4 members (excludes halogenated alkanes) is 10. The fraction of sp³-hybridized carbons (Fsp3) is 0.714. The van der Waals surface area contributed by atoms with Gasteiger partial charge in [-0.2, -0.15) is 0 Å². The van der Waals surface area contributed by atoms with Crippen molar-refractivity contribution in [3.05, 3.63) is 35.4 Å². The number of hydrogen-bond donors (Lipinski definition) is 0. The van der Waals surface area contributed by atoms with Gasteiger partial charge in [0, 0.05) is 0 Å². The first-order chi connectivity index (χ1) is 15.6. The number of esters is 2. The van der Waals surface area contributed by atoms with E-state index in [0.717, 1.165) is 38.5 Å². The van der Waals surface area contributed by atoms with E-state index < -0.39 is 11.9 Å². The topological polar surface area (TPSA) is 52.6 Å². The molecule has 0 saturated heterocycles. The Kier molecular flexibility index (Phi) is 16.5. The lowest BCUT2D eigenvalue weighted by Gasteiger charge is -2.15. The summed E-state index contributed by atoms with van der Waals surface area (Å²) in [5.41, 5.74) is 0.595. The summed E-state index contributed by atoms with van der Waals surface area (Å²) in [5, 5.41) is 0. The predicted molar refractivity (Wildman–Crippen MR) is 132 cm³/mol. The monoisotopic (exact) mass is 446 g/mol. The van der Waals surface area contributed by atoms with Crippen LogP contribution < -0.4 is 0 Å². The van der Waals surface area contributed by atoms with Crippen molar-refractivity contribution in [3.8, 4) is 0 Å². The van der Waals surface area contributed by atoms with Crippen LogP contribution in [0.4, 0.5) is 0 Å². The van der Waals surface area contributed by atoms with Crippen molar-refractivity contribution >= 4 is 11.9 Å². The molecular weight excluding hydrogens is 400 g/mol. The van der Waals surface area contributed by atoms with Crippen molar-refractivity contribution in [2.24, 2.45) is 5.92 Å². The molecular formula is C28H46O4. The first-order valence-electron chi connectivity index (χ1n) is 13.1. The van der Waals surface area contributed by atoms with Gasteiger partial charge in [-0.3, -0.25) is 0 Å². The van der Waals surface area contributed by atoms with Crippen molar-refractivity contribution in [2.75, 3.05) is 13.2 Å². The molecule has 0 aliphatic rings. The van der Waals surface area contributed by atoms with Gasteiger partial charge >= 0.3 is 11.9 Å². The van der Waals surface area contributed by atoms with Gasteiger partial charge in [0.15, 0.2) is 0 Å². The molecule has 182 valence electrons. The number of hydrogen-bond acceptors (Lipinski definition) is 4. The number of carbonyl (C=O) groups is 2. The number of rotatable bonds is 19. The summed E-state index contributed by atoms with van der Waals surface area (Å²) in [6.45, 7) is 7.32. The van der Waals surface area contributed by atoms with Gasteiger partial charge in [0.05, 0.1) is 24.3 Å². The minimum atomic E-state index is -0.438. The van der Waals surface area contributed by atoms with Crippen molar-refractivity contribution in [3.63, 3.8) is 0 Å². The van der Waals surface area contributed by atoms with E-state index in [0.29, 0.717) is 30.3 Å². The smallest absolute Gasteiger partial charge is 0.339 e. The molecule has 0 amide bonds. The molecule has 1 aromatic rings. The summed E-state index contributed by atoms with van der Waals surface area (Å²) in [6, 6.07) is 6.80. The highest BCUT2D eigenvalue weighted by Gasteiger charge is 2.20. The predicted octanol–water partition coefficient (Wildman–Crippen LogP) is 8.14. The van der Waals surface area contributed by atoms with Gasteiger partial charge in [-0.25, -0.2) is 9.59 Å². The maximum absolute atomic E-state index is 12.6. The summed E-state index contributed by atoms with van der Waals surface area (Å²) >= 11 is 0. The summed E-state index contributed by atoms with van der Waals surface area (Å²) in [7, 11) is 0. The molecule has 0 aliphatic heterocycles. The second kappa shape index (κ2) is 18.7. The molecule has 0 aliphatic carbocycles. The molecule has 32 heavy (non-hydrogen) atoms. The van der Waals surface area contributed by atoms with Crippen LogP contribution in [0.1, 0.15) is 131 Å². The lowest BCUT2D eigenvalue weighted by atomic mass is 10.0. The molecule has 0 radical (unpaired) electrons. The summed E-state index contributed by atoms with van der Waals surface area (Å²) < 4.78 is 11.0. The maximum atomic E-state index is 12.6. The molecule has 1 aromatic carbocycles. The molecule has 4 nitrogen and oxygen atoms in total. The zero-order chi connectivity index (χ0) is 23.4. The van der Waals surface area contributed by atoms with E-state index in [1.807, 2.05) is 0 Å². The number of benzene rings is 1. The minimum Gasteiger partial charge on any atom is -0.462 e. The van der Waals surface area contributed by atoms with E-state index in [1.165, 1.54) is 51.4 Å². The third-order valence-electron chi connectivity index (χ3n) is 6.09. The van der Waals surface area contributed by atoms with E-state index >= 15 is 0 Å². The molecule has 0 N–H and O–H groups in total. The zero-order valence-corrected chi connectivity index (χ0v) is 20.8. The SMILES string of the molecule is CCCCCCCCCCCCOC(=O)c1ccccc1C(=O)OCC(CC)CCCC. The van der Waals surface area contributed by atoms with Crippen LogP contribution in [0.3, 0.4) is 0 Å². The average Bonchev–Trinajstić information content (AvgIpc) is 2.82. The Morgan fingerprint density at radius 2 is 1.19 bits per heavy atom. The van der Waals surface area contributed by atoms with E-state index in [-0.39, 0.29) is 0 Å². The normalized spacial score (nSPS) is 11.8. The summed E-state index contributed by atoms with van der Waals surface area (Å²) in [5.74, 6) is -0.507. The summed E-state index contributed by atoms with van der Waals surface area (Å²) in [6.07, 6.45) is 16.7. The first-order valence-corrected chi connectivity index (χ1v) is 13.1. The van der Waals surface area contributed by atoms with Crippen LogP contribution in [-0.2, 0) is 9.47 Å². The van der Waals surface area contributed by atoms with Gasteiger partial charge in [0.2, 0.25) is 0 Å². The highest BCUT2D eigenvalue weighted by Crippen LogP contribution is 2.17. The average molecular weight is 447 g/mol. The lowest BCUT2D eigenvalue weighted by molar-refractivity contribution is 0.0404. The Bertz CT molecular complexity index is 626. The van der Waals surface area contributed by atoms with Crippen LogP contribution in [0.25, 0.3) is 0 Å².